The summed E-state index contributed by atoms with van der Waals surface area (Å²) < 4.78 is 29.1. The molecule has 3 rings (SSSR count). The summed E-state index contributed by atoms with van der Waals surface area (Å²) in [5.74, 6) is 0.393. The number of sulfone groups is 1. The fourth-order valence-electron chi connectivity index (χ4n) is 2.88. The monoisotopic (exact) mass is 456 g/mol. The fourth-order valence-corrected chi connectivity index (χ4v) is 4.36. The first-order valence-electron chi connectivity index (χ1n) is 9.60. The van der Waals surface area contributed by atoms with E-state index in [1.54, 1.807) is 37.3 Å². The van der Waals surface area contributed by atoms with Crippen molar-refractivity contribution in [3.8, 4) is 17.0 Å². The second-order valence-electron chi connectivity index (χ2n) is 7.12. The van der Waals surface area contributed by atoms with Crippen LogP contribution in [0.3, 0.4) is 0 Å². The molecule has 0 radical (unpaired) electrons. The van der Waals surface area contributed by atoms with Crippen molar-refractivity contribution in [1.82, 2.24) is 4.98 Å². The number of anilines is 1. The molecule has 0 saturated heterocycles. The minimum Gasteiger partial charge on any atom is -0.481 e. The van der Waals surface area contributed by atoms with Crippen LogP contribution in [0.4, 0.5) is 5.13 Å². The second-order valence-corrected chi connectivity index (χ2v) is 9.97. The molecule has 0 aliphatic rings. The van der Waals surface area contributed by atoms with E-state index in [9.17, 15) is 13.2 Å². The van der Waals surface area contributed by atoms with E-state index < -0.39 is 15.9 Å². The second kappa shape index (κ2) is 9.45. The molecule has 3 aromatic rings. The SMILES string of the molecule is C=CCN(C(=O)C(C)Oc1ccc(C)cc1)c1nc(-c2ccc(S(C)(=O)=O)cc2)cs1. The van der Waals surface area contributed by atoms with Gasteiger partial charge in [-0.15, -0.1) is 17.9 Å². The standard InChI is InChI=1S/C23H24N2O4S2/c1-5-14-25(22(26)17(3)29-19-10-6-16(2)7-11-19)23-24-21(15-30-23)18-8-12-20(13-9-18)31(4,27)28/h5-13,15,17H,1,14H2,2-4H3. The average Bonchev–Trinajstić information content (AvgIpc) is 3.22. The Morgan fingerprint density at radius 3 is 2.42 bits per heavy atom. The molecule has 8 heteroatoms. The van der Waals surface area contributed by atoms with E-state index >= 15 is 0 Å². The third kappa shape index (κ3) is 5.59. The van der Waals surface area contributed by atoms with Gasteiger partial charge in [0, 0.05) is 23.7 Å². The first-order chi connectivity index (χ1) is 14.7. The molecule has 6 nitrogen and oxygen atoms in total. The van der Waals surface area contributed by atoms with E-state index in [1.807, 2.05) is 36.6 Å². The molecule has 0 saturated carbocycles. The Bertz CT molecular complexity index is 1170. The van der Waals surface area contributed by atoms with Crippen LogP contribution in [-0.4, -0.2) is 38.2 Å². The number of hydrogen-bond acceptors (Lipinski definition) is 6. The van der Waals surface area contributed by atoms with Crippen molar-refractivity contribution in [3.63, 3.8) is 0 Å². The van der Waals surface area contributed by atoms with Crippen LogP contribution in [0.5, 0.6) is 5.75 Å². The van der Waals surface area contributed by atoms with Crippen molar-refractivity contribution in [2.75, 3.05) is 17.7 Å². The van der Waals surface area contributed by atoms with Crippen molar-refractivity contribution < 1.29 is 17.9 Å². The lowest BCUT2D eigenvalue weighted by Gasteiger charge is -2.22. The van der Waals surface area contributed by atoms with Gasteiger partial charge in [0.1, 0.15) is 5.75 Å². The highest BCUT2D eigenvalue weighted by Gasteiger charge is 2.25. The molecule has 162 valence electrons. The van der Waals surface area contributed by atoms with Crippen molar-refractivity contribution in [2.24, 2.45) is 0 Å². The summed E-state index contributed by atoms with van der Waals surface area (Å²) >= 11 is 1.33. The Morgan fingerprint density at radius 2 is 1.84 bits per heavy atom. The number of carbonyl (C=O) groups is 1. The van der Waals surface area contributed by atoms with E-state index in [2.05, 4.69) is 11.6 Å². The largest absolute Gasteiger partial charge is 0.481 e. The number of aromatic nitrogens is 1. The van der Waals surface area contributed by atoms with Crippen molar-refractivity contribution >= 4 is 32.2 Å². The number of benzene rings is 2. The van der Waals surface area contributed by atoms with Gasteiger partial charge >= 0.3 is 0 Å². The Morgan fingerprint density at radius 1 is 1.19 bits per heavy atom. The van der Waals surface area contributed by atoms with E-state index in [0.29, 0.717) is 23.1 Å². The van der Waals surface area contributed by atoms with Gasteiger partial charge in [-0.3, -0.25) is 9.69 Å². The third-order valence-electron chi connectivity index (χ3n) is 4.56. The number of thiazole rings is 1. The molecule has 0 spiro atoms. The number of hydrogen-bond donors (Lipinski definition) is 0. The van der Waals surface area contributed by atoms with Gasteiger partial charge in [0.25, 0.3) is 5.91 Å². The Balaban J connectivity index is 1.80. The van der Waals surface area contributed by atoms with Crippen LogP contribution >= 0.6 is 11.3 Å². The summed E-state index contributed by atoms with van der Waals surface area (Å²) in [6, 6.07) is 14.0. The molecular weight excluding hydrogens is 432 g/mol. The summed E-state index contributed by atoms with van der Waals surface area (Å²) in [5, 5.41) is 2.35. The molecule has 1 unspecified atom stereocenters. The maximum atomic E-state index is 13.1. The lowest BCUT2D eigenvalue weighted by Crippen LogP contribution is -2.40. The molecule has 0 bridgehead atoms. The van der Waals surface area contributed by atoms with Crippen LogP contribution in [0.15, 0.2) is 71.5 Å². The highest BCUT2D eigenvalue weighted by Crippen LogP contribution is 2.29. The van der Waals surface area contributed by atoms with Crippen molar-refractivity contribution in [1.29, 1.82) is 0 Å². The minimum absolute atomic E-state index is 0.228. The molecule has 31 heavy (non-hydrogen) atoms. The van der Waals surface area contributed by atoms with Gasteiger partial charge in [0.15, 0.2) is 21.1 Å². The van der Waals surface area contributed by atoms with E-state index in [0.717, 1.165) is 11.1 Å². The van der Waals surface area contributed by atoms with Gasteiger partial charge in [-0.2, -0.15) is 0 Å². The summed E-state index contributed by atoms with van der Waals surface area (Å²) in [5.41, 5.74) is 2.54. The summed E-state index contributed by atoms with van der Waals surface area (Å²) in [7, 11) is -3.26. The molecule has 1 atom stereocenters. The zero-order chi connectivity index (χ0) is 22.6. The number of nitrogens with zero attached hydrogens (tertiary/aromatic N) is 2. The first kappa shape index (κ1) is 22.7. The van der Waals surface area contributed by atoms with Crippen molar-refractivity contribution in [3.05, 3.63) is 72.1 Å². The van der Waals surface area contributed by atoms with Gasteiger partial charge in [-0.25, -0.2) is 13.4 Å². The maximum Gasteiger partial charge on any atom is 0.269 e. The summed E-state index contributed by atoms with van der Waals surface area (Å²) in [6.07, 6.45) is 2.10. The first-order valence-corrected chi connectivity index (χ1v) is 12.4. The van der Waals surface area contributed by atoms with Gasteiger partial charge in [-0.05, 0) is 38.1 Å². The average molecular weight is 457 g/mol. The van der Waals surface area contributed by atoms with Gasteiger partial charge in [0.2, 0.25) is 0 Å². The lowest BCUT2D eigenvalue weighted by atomic mass is 10.2. The normalized spacial score (nSPS) is 12.2. The van der Waals surface area contributed by atoms with Crippen LogP contribution in [0.25, 0.3) is 11.3 Å². The van der Waals surface area contributed by atoms with Gasteiger partial charge in [-0.1, -0.05) is 35.9 Å². The fraction of sp³-hybridized carbons (Fsp3) is 0.217. The van der Waals surface area contributed by atoms with Gasteiger partial charge < -0.3 is 4.74 Å². The topological polar surface area (TPSA) is 76.6 Å². The summed E-state index contributed by atoms with van der Waals surface area (Å²) in [6.45, 7) is 7.73. The molecule has 0 N–H and O–H groups in total. The molecule has 2 aromatic carbocycles. The molecule has 1 amide bonds. The molecule has 0 aliphatic heterocycles. The van der Waals surface area contributed by atoms with Gasteiger partial charge in [0.05, 0.1) is 10.6 Å². The van der Waals surface area contributed by atoms with Crippen molar-refractivity contribution in [2.45, 2.75) is 24.8 Å². The molecule has 0 fully saturated rings. The Labute approximate surface area is 186 Å². The van der Waals surface area contributed by atoms with Crippen LogP contribution in [-0.2, 0) is 14.6 Å². The number of rotatable bonds is 8. The van der Waals surface area contributed by atoms with Crippen LogP contribution in [0, 0.1) is 6.92 Å². The van der Waals surface area contributed by atoms with E-state index in [1.165, 1.54) is 22.5 Å². The maximum absolute atomic E-state index is 13.1. The lowest BCUT2D eigenvalue weighted by molar-refractivity contribution is -0.124. The number of aryl methyl sites for hydroxylation is 1. The Hall–Kier alpha value is -2.97. The zero-order valence-electron chi connectivity index (χ0n) is 17.6. The number of amides is 1. The van der Waals surface area contributed by atoms with Crippen LogP contribution < -0.4 is 9.64 Å². The molecular formula is C23H24N2O4S2. The predicted molar refractivity (Wildman–Crippen MR) is 124 cm³/mol. The molecule has 1 heterocycles. The minimum atomic E-state index is -3.26. The third-order valence-corrected chi connectivity index (χ3v) is 6.55. The summed E-state index contributed by atoms with van der Waals surface area (Å²) in [4.78, 5) is 19.4. The predicted octanol–water partition coefficient (Wildman–Crippen LogP) is 4.51. The number of ether oxygens (including phenoxy) is 1. The smallest absolute Gasteiger partial charge is 0.269 e. The van der Waals surface area contributed by atoms with E-state index in [4.69, 9.17) is 4.74 Å². The number of carbonyl (C=O) groups excluding carboxylic acids is 1. The quantitative estimate of drug-likeness (QED) is 0.466. The van der Waals surface area contributed by atoms with Crippen LogP contribution in [0.2, 0.25) is 0 Å². The molecule has 0 aliphatic carbocycles. The highest BCUT2D eigenvalue weighted by molar-refractivity contribution is 7.90. The highest BCUT2D eigenvalue weighted by atomic mass is 32.2. The Kier molecular flexibility index (Phi) is 6.92. The zero-order valence-corrected chi connectivity index (χ0v) is 19.2. The van der Waals surface area contributed by atoms with E-state index in [-0.39, 0.29) is 10.8 Å². The van der Waals surface area contributed by atoms with Crippen LogP contribution in [0.1, 0.15) is 12.5 Å². The molecule has 1 aromatic heterocycles.